The molecule has 3 aromatic rings. The summed E-state index contributed by atoms with van der Waals surface area (Å²) < 4.78 is 12.6. The number of nitrogens with zero attached hydrogens (tertiary/aromatic N) is 7. The lowest BCUT2D eigenvalue weighted by atomic mass is 10.2. The number of methoxy groups -OCH3 is 2. The minimum atomic E-state index is 0.423. The van der Waals surface area contributed by atoms with Crippen molar-refractivity contribution in [2.75, 3.05) is 55.9 Å². The highest BCUT2D eigenvalue weighted by molar-refractivity contribution is 5.91. The van der Waals surface area contributed by atoms with Gasteiger partial charge in [-0.2, -0.15) is 4.98 Å². The number of hydrogen-bond acceptors (Lipinski definition) is 9. The number of ether oxygens (including phenoxy) is 2. The molecule has 3 heterocycles. The molecule has 27 heavy (non-hydrogen) atoms. The smallest absolute Gasteiger partial charge is 0.228 e. The normalized spacial score (nSPS) is 14.6. The van der Waals surface area contributed by atoms with Crippen molar-refractivity contribution in [2.45, 2.75) is 0 Å². The molecule has 1 aliphatic heterocycles. The van der Waals surface area contributed by atoms with Gasteiger partial charge in [-0.1, -0.05) is 0 Å². The molecule has 0 bridgehead atoms. The van der Waals surface area contributed by atoms with Gasteiger partial charge in [-0.25, -0.2) is 4.98 Å². The second-order valence-corrected chi connectivity index (χ2v) is 6.35. The molecule has 10 heteroatoms. The number of hydrogen-bond donors (Lipinski definition) is 1. The molecule has 0 unspecified atom stereocenters. The number of nitrogen functional groups attached to an aromatic ring is 1. The summed E-state index contributed by atoms with van der Waals surface area (Å²) in [6.07, 6.45) is 1.70. The molecule has 1 aromatic carbocycles. The van der Waals surface area contributed by atoms with Crippen LogP contribution in [0.25, 0.3) is 10.9 Å². The molecule has 0 radical (unpaired) electrons. The van der Waals surface area contributed by atoms with Gasteiger partial charge in [0.1, 0.15) is 12.1 Å². The average Bonchev–Trinajstić information content (AvgIpc) is 3.13. The van der Waals surface area contributed by atoms with Crippen LogP contribution in [-0.2, 0) is 7.05 Å². The Morgan fingerprint density at radius 3 is 2.26 bits per heavy atom. The van der Waals surface area contributed by atoms with E-state index in [4.69, 9.17) is 20.2 Å². The van der Waals surface area contributed by atoms with Crippen LogP contribution in [0.4, 0.5) is 17.7 Å². The Morgan fingerprint density at radius 1 is 0.963 bits per heavy atom. The van der Waals surface area contributed by atoms with E-state index in [1.54, 1.807) is 26.6 Å². The first kappa shape index (κ1) is 17.1. The number of anilines is 3. The summed E-state index contributed by atoms with van der Waals surface area (Å²) in [5.41, 5.74) is 6.92. The predicted octanol–water partition coefficient (Wildman–Crippen LogP) is 0.684. The third-order valence-corrected chi connectivity index (χ3v) is 4.75. The van der Waals surface area contributed by atoms with Crippen LogP contribution in [-0.4, -0.2) is 65.1 Å². The van der Waals surface area contributed by atoms with E-state index in [2.05, 4.69) is 25.0 Å². The summed E-state index contributed by atoms with van der Waals surface area (Å²) in [5, 5.41) is 8.86. The summed E-state index contributed by atoms with van der Waals surface area (Å²) in [6, 6.07) is 3.63. The van der Waals surface area contributed by atoms with Crippen LogP contribution in [0.15, 0.2) is 18.5 Å². The molecule has 2 aromatic heterocycles. The maximum absolute atomic E-state index is 6.20. The largest absolute Gasteiger partial charge is 0.493 e. The zero-order valence-electron chi connectivity index (χ0n) is 15.6. The second-order valence-electron chi connectivity index (χ2n) is 6.35. The van der Waals surface area contributed by atoms with Crippen LogP contribution >= 0.6 is 0 Å². The number of fused-ring (bicyclic) bond motifs is 1. The van der Waals surface area contributed by atoms with Crippen LogP contribution in [0.2, 0.25) is 0 Å². The number of aryl methyl sites for hydroxylation is 1. The Kier molecular flexibility index (Phi) is 4.30. The van der Waals surface area contributed by atoms with E-state index >= 15 is 0 Å². The molecule has 0 amide bonds. The third kappa shape index (κ3) is 3.03. The van der Waals surface area contributed by atoms with E-state index in [0.717, 1.165) is 43.0 Å². The molecule has 1 saturated heterocycles. The van der Waals surface area contributed by atoms with Gasteiger partial charge in [0.25, 0.3) is 0 Å². The molecule has 142 valence electrons. The van der Waals surface area contributed by atoms with Gasteiger partial charge in [-0.15, -0.1) is 10.2 Å². The Morgan fingerprint density at radius 2 is 1.63 bits per heavy atom. The fourth-order valence-corrected chi connectivity index (χ4v) is 3.28. The highest BCUT2D eigenvalue weighted by Gasteiger charge is 2.23. The van der Waals surface area contributed by atoms with Crippen molar-refractivity contribution in [3.05, 3.63) is 18.5 Å². The van der Waals surface area contributed by atoms with Gasteiger partial charge in [-0.3, -0.25) is 0 Å². The monoisotopic (exact) mass is 370 g/mol. The fraction of sp³-hybridized carbons (Fsp3) is 0.412. The van der Waals surface area contributed by atoms with Crippen molar-refractivity contribution < 1.29 is 9.47 Å². The molecule has 0 saturated carbocycles. The predicted molar refractivity (Wildman–Crippen MR) is 102 cm³/mol. The van der Waals surface area contributed by atoms with Gasteiger partial charge in [-0.05, 0) is 6.07 Å². The maximum atomic E-state index is 6.20. The molecular formula is C17H22N8O2. The summed E-state index contributed by atoms with van der Waals surface area (Å²) in [7, 11) is 5.13. The first-order valence-electron chi connectivity index (χ1n) is 8.64. The number of benzene rings is 1. The van der Waals surface area contributed by atoms with E-state index in [1.165, 1.54) is 0 Å². The van der Waals surface area contributed by atoms with Crippen LogP contribution in [0.5, 0.6) is 11.5 Å². The second kappa shape index (κ2) is 6.78. The highest BCUT2D eigenvalue weighted by Crippen LogP contribution is 2.34. The maximum Gasteiger partial charge on any atom is 0.228 e. The average molecular weight is 370 g/mol. The van der Waals surface area contributed by atoms with E-state index in [9.17, 15) is 0 Å². The standard InChI is InChI=1S/C17H22N8O2/c1-23-10-19-22-17(23)25-6-4-24(5-7-25)16-20-12-9-14(27-3)13(26-2)8-11(12)15(18)21-16/h8-10H,4-7H2,1-3H3,(H2,18,20,21). The van der Waals surface area contributed by atoms with Crippen LogP contribution < -0.4 is 25.0 Å². The van der Waals surface area contributed by atoms with Crippen LogP contribution in [0, 0.1) is 0 Å². The quantitative estimate of drug-likeness (QED) is 0.709. The molecule has 1 fully saturated rings. The molecule has 2 N–H and O–H groups in total. The fourth-order valence-electron chi connectivity index (χ4n) is 3.28. The Bertz CT molecular complexity index is 965. The van der Waals surface area contributed by atoms with Crippen molar-refractivity contribution >= 4 is 28.6 Å². The summed E-state index contributed by atoms with van der Waals surface area (Å²) in [4.78, 5) is 13.5. The van der Waals surface area contributed by atoms with Gasteiger partial charge in [0, 0.05) is 44.7 Å². The Hall–Kier alpha value is -3.30. The SMILES string of the molecule is COc1cc2nc(N3CCN(c4nncn4C)CC3)nc(N)c2cc1OC. The molecule has 10 nitrogen and oxygen atoms in total. The van der Waals surface area contributed by atoms with Crippen molar-refractivity contribution in [1.82, 2.24) is 24.7 Å². The lowest BCUT2D eigenvalue weighted by molar-refractivity contribution is 0.356. The van der Waals surface area contributed by atoms with Crippen molar-refractivity contribution in [2.24, 2.45) is 7.05 Å². The van der Waals surface area contributed by atoms with E-state index in [1.807, 2.05) is 17.7 Å². The molecular weight excluding hydrogens is 348 g/mol. The molecule has 4 rings (SSSR count). The number of nitrogens with two attached hydrogens (primary N) is 1. The van der Waals surface area contributed by atoms with Gasteiger partial charge in [0.2, 0.25) is 11.9 Å². The van der Waals surface area contributed by atoms with E-state index < -0.39 is 0 Å². The minimum Gasteiger partial charge on any atom is -0.493 e. The lowest BCUT2D eigenvalue weighted by Gasteiger charge is -2.35. The van der Waals surface area contributed by atoms with Crippen molar-refractivity contribution in [3.63, 3.8) is 0 Å². The number of aromatic nitrogens is 5. The van der Waals surface area contributed by atoms with Gasteiger partial charge in [0.05, 0.1) is 19.7 Å². The summed E-state index contributed by atoms with van der Waals surface area (Å²) in [6.45, 7) is 3.15. The van der Waals surface area contributed by atoms with Crippen LogP contribution in [0.1, 0.15) is 0 Å². The Labute approximate surface area is 156 Å². The number of piperazine rings is 1. The molecule has 1 aliphatic rings. The molecule has 0 atom stereocenters. The first-order valence-corrected chi connectivity index (χ1v) is 8.64. The minimum absolute atomic E-state index is 0.423. The third-order valence-electron chi connectivity index (χ3n) is 4.75. The Balaban J connectivity index is 1.60. The summed E-state index contributed by atoms with van der Waals surface area (Å²) >= 11 is 0. The van der Waals surface area contributed by atoms with Crippen molar-refractivity contribution in [1.29, 1.82) is 0 Å². The lowest BCUT2D eigenvalue weighted by Crippen LogP contribution is -2.48. The molecule has 0 aliphatic carbocycles. The van der Waals surface area contributed by atoms with E-state index in [0.29, 0.717) is 23.3 Å². The summed E-state index contributed by atoms with van der Waals surface area (Å²) in [5.74, 6) is 3.12. The number of rotatable bonds is 4. The van der Waals surface area contributed by atoms with Crippen LogP contribution in [0.3, 0.4) is 0 Å². The molecule has 0 spiro atoms. The first-order chi connectivity index (χ1) is 13.1. The zero-order chi connectivity index (χ0) is 19.0. The zero-order valence-corrected chi connectivity index (χ0v) is 15.6. The van der Waals surface area contributed by atoms with Gasteiger partial charge < -0.3 is 29.6 Å². The van der Waals surface area contributed by atoms with Gasteiger partial charge >= 0.3 is 0 Å². The van der Waals surface area contributed by atoms with Gasteiger partial charge in [0.15, 0.2) is 11.5 Å². The van der Waals surface area contributed by atoms with E-state index in [-0.39, 0.29) is 0 Å². The van der Waals surface area contributed by atoms with Crippen molar-refractivity contribution in [3.8, 4) is 11.5 Å². The highest BCUT2D eigenvalue weighted by atomic mass is 16.5. The topological polar surface area (TPSA) is 107 Å².